The first kappa shape index (κ1) is 16.3. The Morgan fingerprint density at radius 3 is 2.75 bits per heavy atom. The van der Waals surface area contributed by atoms with Crippen LogP contribution in [0.1, 0.15) is 15.9 Å². The SMILES string of the molecule is O=C(C[n+]1cccc(C=NO)c1)c1ccccc1Cl.[Br-]. The molecule has 0 saturated heterocycles. The molecule has 0 unspecified atom stereocenters. The molecule has 0 saturated carbocycles. The molecule has 2 rings (SSSR count). The van der Waals surface area contributed by atoms with Gasteiger partial charge in [0.15, 0.2) is 12.4 Å². The highest BCUT2D eigenvalue weighted by Gasteiger charge is 2.14. The van der Waals surface area contributed by atoms with Crippen molar-refractivity contribution in [3.05, 3.63) is 64.9 Å². The minimum absolute atomic E-state index is 0. The third-order valence-electron chi connectivity index (χ3n) is 2.59. The maximum Gasteiger partial charge on any atom is 0.229 e. The van der Waals surface area contributed by atoms with Gasteiger partial charge in [-0.3, -0.25) is 4.79 Å². The predicted molar refractivity (Wildman–Crippen MR) is 71.8 cm³/mol. The molecule has 0 aliphatic carbocycles. The Bertz CT molecular complexity index is 632. The third kappa shape index (κ3) is 4.15. The number of carbonyl (C=O) groups is 1. The lowest BCUT2D eigenvalue weighted by Crippen LogP contribution is -3.00. The molecule has 1 N–H and O–H groups in total. The second-order valence-electron chi connectivity index (χ2n) is 3.96. The molecular weight excluding hydrogens is 344 g/mol. The maximum absolute atomic E-state index is 12.1. The third-order valence-corrected chi connectivity index (χ3v) is 2.92. The summed E-state index contributed by atoms with van der Waals surface area (Å²) in [6.45, 7) is 0.177. The van der Waals surface area contributed by atoms with Gasteiger partial charge in [-0.15, -0.1) is 0 Å². The fourth-order valence-corrected chi connectivity index (χ4v) is 1.96. The Morgan fingerprint density at radius 2 is 2.05 bits per heavy atom. The fourth-order valence-electron chi connectivity index (χ4n) is 1.72. The zero-order valence-electron chi connectivity index (χ0n) is 10.4. The second-order valence-corrected chi connectivity index (χ2v) is 4.36. The summed E-state index contributed by atoms with van der Waals surface area (Å²) in [5.74, 6) is -0.0753. The fraction of sp³-hybridized carbons (Fsp3) is 0.0714. The van der Waals surface area contributed by atoms with Crippen molar-refractivity contribution in [1.29, 1.82) is 0 Å². The van der Waals surface area contributed by atoms with Gasteiger partial charge in [-0.2, -0.15) is 4.57 Å². The molecule has 0 bridgehead atoms. The van der Waals surface area contributed by atoms with Crippen LogP contribution in [0.3, 0.4) is 0 Å². The number of halogens is 2. The van der Waals surface area contributed by atoms with E-state index >= 15 is 0 Å². The summed E-state index contributed by atoms with van der Waals surface area (Å²) in [7, 11) is 0. The first-order valence-electron chi connectivity index (χ1n) is 5.65. The van der Waals surface area contributed by atoms with E-state index in [0.29, 0.717) is 16.1 Å². The van der Waals surface area contributed by atoms with Crippen LogP contribution in [0.2, 0.25) is 5.02 Å². The number of benzene rings is 1. The molecule has 0 spiro atoms. The van der Waals surface area contributed by atoms with Crippen LogP contribution < -0.4 is 21.5 Å². The Balaban J connectivity index is 0.00000200. The lowest BCUT2D eigenvalue weighted by Gasteiger charge is -2.01. The average Bonchev–Trinajstić information content (AvgIpc) is 2.40. The zero-order chi connectivity index (χ0) is 13.7. The molecule has 2 aromatic rings. The van der Waals surface area contributed by atoms with Gasteiger partial charge in [0.05, 0.1) is 16.8 Å². The number of nitrogens with zero attached hydrogens (tertiary/aromatic N) is 2. The lowest BCUT2D eigenvalue weighted by molar-refractivity contribution is -0.683. The van der Waals surface area contributed by atoms with Crippen molar-refractivity contribution in [3.63, 3.8) is 0 Å². The quantitative estimate of drug-likeness (QED) is 0.260. The monoisotopic (exact) mass is 354 g/mol. The van der Waals surface area contributed by atoms with E-state index in [1.54, 1.807) is 53.4 Å². The first-order valence-corrected chi connectivity index (χ1v) is 6.03. The summed E-state index contributed by atoms with van der Waals surface area (Å²) in [5.41, 5.74) is 1.20. The Labute approximate surface area is 132 Å². The van der Waals surface area contributed by atoms with E-state index in [1.807, 2.05) is 0 Å². The molecule has 1 aromatic carbocycles. The van der Waals surface area contributed by atoms with Crippen molar-refractivity contribution >= 4 is 23.6 Å². The van der Waals surface area contributed by atoms with Crippen LogP contribution in [-0.4, -0.2) is 17.2 Å². The number of oxime groups is 1. The minimum atomic E-state index is -0.0753. The van der Waals surface area contributed by atoms with E-state index in [2.05, 4.69) is 5.16 Å². The number of rotatable bonds is 4. The summed E-state index contributed by atoms with van der Waals surface area (Å²) in [6, 6.07) is 10.5. The van der Waals surface area contributed by atoms with E-state index < -0.39 is 0 Å². The maximum atomic E-state index is 12.1. The van der Waals surface area contributed by atoms with E-state index in [0.717, 1.165) is 0 Å². The summed E-state index contributed by atoms with van der Waals surface area (Å²) < 4.78 is 1.71. The van der Waals surface area contributed by atoms with E-state index in [4.69, 9.17) is 16.8 Å². The first-order chi connectivity index (χ1) is 9.20. The van der Waals surface area contributed by atoms with Crippen molar-refractivity contribution < 1.29 is 31.6 Å². The Morgan fingerprint density at radius 1 is 1.30 bits per heavy atom. The summed E-state index contributed by atoms with van der Waals surface area (Å²) in [6.07, 6.45) is 4.79. The molecule has 0 fully saturated rings. The number of hydrogen-bond acceptors (Lipinski definition) is 3. The van der Waals surface area contributed by atoms with Crippen molar-refractivity contribution in [2.75, 3.05) is 0 Å². The van der Waals surface area contributed by atoms with Gasteiger partial charge in [0.25, 0.3) is 0 Å². The zero-order valence-corrected chi connectivity index (χ0v) is 12.8. The normalized spacial score (nSPS) is 10.2. The molecule has 0 atom stereocenters. The Hall–Kier alpha value is -1.72. The van der Waals surface area contributed by atoms with Gasteiger partial charge in [0.1, 0.15) is 0 Å². The number of ketones is 1. The molecule has 0 amide bonds. The Kier molecular flexibility index (Phi) is 6.35. The molecule has 104 valence electrons. The minimum Gasteiger partial charge on any atom is -1.00 e. The smallest absolute Gasteiger partial charge is 0.229 e. The van der Waals surface area contributed by atoms with Gasteiger partial charge in [0, 0.05) is 11.6 Å². The van der Waals surface area contributed by atoms with Crippen LogP contribution in [0, 0.1) is 0 Å². The van der Waals surface area contributed by atoms with Gasteiger partial charge in [-0.1, -0.05) is 28.9 Å². The summed E-state index contributed by atoms with van der Waals surface area (Å²) in [5, 5.41) is 11.9. The second kappa shape index (κ2) is 7.77. The topological polar surface area (TPSA) is 53.5 Å². The predicted octanol–water partition coefficient (Wildman–Crippen LogP) is -0.677. The van der Waals surface area contributed by atoms with Crippen molar-refractivity contribution in [1.82, 2.24) is 0 Å². The summed E-state index contributed by atoms with van der Waals surface area (Å²) >= 11 is 5.98. The number of carbonyl (C=O) groups excluding carboxylic acids is 1. The molecule has 1 heterocycles. The number of aromatic nitrogens is 1. The molecule has 0 aliphatic rings. The van der Waals surface area contributed by atoms with Crippen LogP contribution in [0.25, 0.3) is 0 Å². The number of pyridine rings is 1. The molecular formula is C14H12BrClN2O2. The van der Waals surface area contributed by atoms with E-state index in [1.165, 1.54) is 6.21 Å². The highest BCUT2D eigenvalue weighted by molar-refractivity contribution is 6.33. The van der Waals surface area contributed by atoms with Crippen LogP contribution in [0.4, 0.5) is 0 Å². The van der Waals surface area contributed by atoms with Crippen LogP contribution in [0.5, 0.6) is 0 Å². The largest absolute Gasteiger partial charge is 1.00 e. The highest BCUT2D eigenvalue weighted by Crippen LogP contribution is 2.15. The van der Waals surface area contributed by atoms with Crippen molar-refractivity contribution in [2.45, 2.75) is 6.54 Å². The van der Waals surface area contributed by atoms with Crippen LogP contribution in [-0.2, 0) is 6.54 Å². The van der Waals surface area contributed by atoms with Crippen molar-refractivity contribution in [2.24, 2.45) is 5.16 Å². The molecule has 0 radical (unpaired) electrons. The molecule has 0 aliphatic heterocycles. The molecule has 1 aromatic heterocycles. The van der Waals surface area contributed by atoms with Crippen molar-refractivity contribution in [3.8, 4) is 0 Å². The van der Waals surface area contributed by atoms with Gasteiger partial charge in [-0.25, -0.2) is 0 Å². The molecule has 20 heavy (non-hydrogen) atoms. The highest BCUT2D eigenvalue weighted by atomic mass is 79.9. The average molecular weight is 356 g/mol. The summed E-state index contributed by atoms with van der Waals surface area (Å²) in [4.78, 5) is 12.1. The van der Waals surface area contributed by atoms with Gasteiger partial charge < -0.3 is 22.2 Å². The van der Waals surface area contributed by atoms with E-state index in [-0.39, 0.29) is 29.3 Å². The number of Topliss-reactive ketones (excluding diaryl/α,β-unsaturated/α-hetero) is 1. The standard InChI is InChI=1S/C14H11ClN2O2.BrH/c15-13-6-2-1-5-12(13)14(18)10-17-7-3-4-11(9-17)8-16-19;/h1-9H,10H2;1H. The van der Waals surface area contributed by atoms with Gasteiger partial charge in [0.2, 0.25) is 12.3 Å². The molecule has 6 heteroatoms. The van der Waals surface area contributed by atoms with E-state index in [9.17, 15) is 4.79 Å². The van der Waals surface area contributed by atoms with Crippen LogP contribution in [0.15, 0.2) is 53.9 Å². The number of hydrogen-bond donors (Lipinski definition) is 1. The van der Waals surface area contributed by atoms with Gasteiger partial charge >= 0.3 is 0 Å². The molecule has 4 nitrogen and oxygen atoms in total. The van der Waals surface area contributed by atoms with Gasteiger partial charge in [-0.05, 0) is 18.2 Å². The van der Waals surface area contributed by atoms with Crippen LogP contribution >= 0.6 is 11.6 Å². The lowest BCUT2D eigenvalue weighted by atomic mass is 10.1.